The Kier molecular flexibility index (Phi) is 4.11. The Morgan fingerprint density at radius 1 is 1.28 bits per heavy atom. The molecule has 0 radical (unpaired) electrons. The van der Waals surface area contributed by atoms with Crippen LogP contribution in [-0.4, -0.2) is 31.3 Å². The maximum atomic E-state index is 10.4. The maximum absolute atomic E-state index is 10.4. The second-order valence-electron chi connectivity index (χ2n) is 4.75. The lowest BCUT2D eigenvalue weighted by atomic mass is 9.80. The van der Waals surface area contributed by atoms with Crippen LogP contribution in [0.25, 0.3) is 10.4 Å². The van der Waals surface area contributed by atoms with Gasteiger partial charge in [0, 0.05) is 4.91 Å². The lowest BCUT2D eigenvalue weighted by molar-refractivity contribution is 0.0586. The SMILES string of the molecule is [N-]=[N+]=NC1(C(O)c2nnn[nH]2)CCCCCCC1. The highest BCUT2D eigenvalue weighted by Gasteiger charge is 2.39. The first-order valence-corrected chi connectivity index (χ1v) is 6.26. The van der Waals surface area contributed by atoms with Crippen LogP contribution in [0.15, 0.2) is 5.11 Å². The van der Waals surface area contributed by atoms with Crippen LogP contribution in [0, 0.1) is 0 Å². The number of nitrogens with one attached hydrogen (secondary N) is 1. The van der Waals surface area contributed by atoms with Gasteiger partial charge in [-0.2, -0.15) is 0 Å². The Morgan fingerprint density at radius 2 is 1.94 bits per heavy atom. The number of aliphatic hydroxyl groups excluding tert-OH is 1. The predicted octanol–water partition coefficient (Wildman–Crippen LogP) is 2.03. The highest BCUT2D eigenvalue weighted by molar-refractivity contribution is 5.03. The highest BCUT2D eigenvalue weighted by atomic mass is 16.3. The van der Waals surface area contributed by atoms with E-state index in [0.29, 0.717) is 12.8 Å². The van der Waals surface area contributed by atoms with E-state index in [4.69, 9.17) is 5.53 Å². The molecule has 1 aromatic rings. The van der Waals surface area contributed by atoms with E-state index in [-0.39, 0.29) is 5.82 Å². The fourth-order valence-electron chi connectivity index (χ4n) is 2.57. The van der Waals surface area contributed by atoms with E-state index in [1.54, 1.807) is 0 Å². The summed E-state index contributed by atoms with van der Waals surface area (Å²) in [6, 6.07) is 0. The van der Waals surface area contributed by atoms with Gasteiger partial charge in [0.1, 0.15) is 6.10 Å². The molecule has 1 saturated carbocycles. The van der Waals surface area contributed by atoms with Gasteiger partial charge in [-0.05, 0) is 28.8 Å². The summed E-state index contributed by atoms with van der Waals surface area (Å²) < 4.78 is 0. The third kappa shape index (κ3) is 2.60. The van der Waals surface area contributed by atoms with Gasteiger partial charge in [-0.1, -0.05) is 37.2 Å². The molecule has 0 aliphatic heterocycles. The van der Waals surface area contributed by atoms with E-state index in [2.05, 4.69) is 30.7 Å². The molecule has 2 N–H and O–H groups in total. The van der Waals surface area contributed by atoms with Gasteiger partial charge in [0.05, 0.1) is 5.54 Å². The van der Waals surface area contributed by atoms with Crippen LogP contribution in [0.5, 0.6) is 0 Å². The van der Waals surface area contributed by atoms with Crippen molar-refractivity contribution < 1.29 is 5.11 Å². The molecule has 0 bridgehead atoms. The zero-order chi connectivity index (χ0) is 12.8. The molecule has 2 rings (SSSR count). The lowest BCUT2D eigenvalue weighted by Crippen LogP contribution is -2.35. The van der Waals surface area contributed by atoms with Gasteiger partial charge in [0.2, 0.25) is 0 Å². The average Bonchev–Trinajstić information content (AvgIpc) is 2.85. The quantitative estimate of drug-likeness (QED) is 0.484. The standard InChI is InChI=1S/C10H17N7O/c11-15-14-10(6-4-2-1-3-5-7-10)8(18)9-12-16-17-13-9/h8,18H,1-7H2,(H,12,13,16,17). The molecule has 98 valence electrons. The van der Waals surface area contributed by atoms with Gasteiger partial charge in [-0.15, -0.1) is 5.10 Å². The molecule has 1 aliphatic carbocycles. The van der Waals surface area contributed by atoms with Crippen molar-refractivity contribution in [2.45, 2.75) is 56.6 Å². The lowest BCUT2D eigenvalue weighted by Gasteiger charge is -2.33. The predicted molar refractivity (Wildman–Crippen MR) is 63.3 cm³/mol. The van der Waals surface area contributed by atoms with Gasteiger partial charge in [0.15, 0.2) is 5.82 Å². The normalized spacial score (nSPS) is 21.4. The number of hydrogen-bond acceptors (Lipinski definition) is 5. The molecule has 0 amide bonds. The van der Waals surface area contributed by atoms with Crippen molar-refractivity contribution >= 4 is 0 Å². The Balaban J connectivity index is 2.26. The first kappa shape index (κ1) is 12.8. The fraction of sp³-hybridized carbons (Fsp3) is 0.900. The second-order valence-corrected chi connectivity index (χ2v) is 4.75. The molecule has 1 aliphatic rings. The molecule has 1 heterocycles. The van der Waals surface area contributed by atoms with Crippen molar-refractivity contribution in [3.63, 3.8) is 0 Å². The van der Waals surface area contributed by atoms with Crippen molar-refractivity contribution in [1.29, 1.82) is 0 Å². The maximum Gasteiger partial charge on any atom is 0.178 e. The van der Waals surface area contributed by atoms with Gasteiger partial charge >= 0.3 is 0 Å². The molecule has 8 heteroatoms. The molecule has 8 nitrogen and oxygen atoms in total. The third-order valence-electron chi connectivity index (χ3n) is 3.59. The minimum atomic E-state index is -0.971. The largest absolute Gasteiger partial charge is 0.384 e. The zero-order valence-electron chi connectivity index (χ0n) is 10.2. The molecule has 0 saturated heterocycles. The number of azide groups is 1. The van der Waals surface area contributed by atoms with Crippen LogP contribution >= 0.6 is 0 Å². The number of rotatable bonds is 3. The van der Waals surface area contributed by atoms with Crippen LogP contribution in [0.3, 0.4) is 0 Å². The summed E-state index contributed by atoms with van der Waals surface area (Å²) in [5, 5.41) is 27.5. The van der Waals surface area contributed by atoms with Gasteiger partial charge < -0.3 is 5.11 Å². The Hall–Kier alpha value is -1.66. The van der Waals surface area contributed by atoms with Gasteiger partial charge in [0.25, 0.3) is 0 Å². The van der Waals surface area contributed by atoms with Gasteiger partial charge in [-0.25, -0.2) is 5.10 Å². The summed E-state index contributed by atoms with van der Waals surface area (Å²) in [4.78, 5) is 2.92. The topological polar surface area (TPSA) is 123 Å². The van der Waals surface area contributed by atoms with Crippen molar-refractivity contribution in [2.24, 2.45) is 5.11 Å². The molecular weight excluding hydrogens is 234 g/mol. The second kappa shape index (κ2) is 5.79. The minimum absolute atomic E-state index is 0.267. The van der Waals surface area contributed by atoms with Crippen molar-refractivity contribution in [3.8, 4) is 0 Å². The zero-order valence-corrected chi connectivity index (χ0v) is 10.2. The van der Waals surface area contributed by atoms with Crippen molar-refractivity contribution in [1.82, 2.24) is 20.6 Å². The Bertz CT molecular complexity index is 404. The summed E-state index contributed by atoms with van der Waals surface area (Å²) in [5.74, 6) is 0.267. The number of aliphatic hydroxyl groups is 1. The number of aromatic nitrogens is 4. The summed E-state index contributed by atoms with van der Waals surface area (Å²) in [6.07, 6.45) is 5.65. The molecule has 0 spiro atoms. The van der Waals surface area contributed by atoms with E-state index in [1.165, 1.54) is 6.42 Å². The van der Waals surface area contributed by atoms with E-state index in [1.807, 2.05) is 0 Å². The van der Waals surface area contributed by atoms with Gasteiger partial charge in [-0.3, -0.25) is 0 Å². The van der Waals surface area contributed by atoms with E-state index in [9.17, 15) is 5.11 Å². The monoisotopic (exact) mass is 251 g/mol. The molecule has 1 unspecified atom stereocenters. The smallest absolute Gasteiger partial charge is 0.178 e. The molecule has 18 heavy (non-hydrogen) atoms. The molecular formula is C10H17N7O. The Morgan fingerprint density at radius 3 is 2.50 bits per heavy atom. The number of tetrazole rings is 1. The summed E-state index contributed by atoms with van der Waals surface area (Å²) in [5.41, 5.74) is 7.95. The molecule has 1 atom stereocenters. The van der Waals surface area contributed by atoms with Crippen LogP contribution in [-0.2, 0) is 0 Å². The highest BCUT2D eigenvalue weighted by Crippen LogP contribution is 2.39. The van der Waals surface area contributed by atoms with E-state index in [0.717, 1.165) is 25.7 Å². The van der Waals surface area contributed by atoms with Crippen LogP contribution in [0.2, 0.25) is 0 Å². The van der Waals surface area contributed by atoms with E-state index < -0.39 is 11.6 Å². The average molecular weight is 251 g/mol. The molecule has 1 aromatic heterocycles. The number of nitrogens with zero attached hydrogens (tertiary/aromatic N) is 6. The summed E-state index contributed by atoms with van der Waals surface area (Å²) >= 11 is 0. The van der Waals surface area contributed by atoms with Crippen LogP contribution in [0.4, 0.5) is 0 Å². The first-order valence-electron chi connectivity index (χ1n) is 6.26. The third-order valence-corrected chi connectivity index (χ3v) is 3.59. The van der Waals surface area contributed by atoms with Crippen molar-refractivity contribution in [3.05, 3.63) is 16.3 Å². The van der Waals surface area contributed by atoms with Crippen LogP contribution in [0.1, 0.15) is 56.9 Å². The number of aromatic amines is 1. The first-order chi connectivity index (χ1) is 8.78. The van der Waals surface area contributed by atoms with Crippen molar-refractivity contribution in [2.75, 3.05) is 0 Å². The fourth-order valence-corrected chi connectivity index (χ4v) is 2.57. The number of hydrogen-bond donors (Lipinski definition) is 2. The van der Waals surface area contributed by atoms with Crippen LogP contribution < -0.4 is 0 Å². The summed E-state index contributed by atoms with van der Waals surface area (Å²) in [7, 11) is 0. The van der Waals surface area contributed by atoms with E-state index >= 15 is 0 Å². The Labute approximate surface area is 104 Å². The molecule has 1 fully saturated rings. The summed E-state index contributed by atoms with van der Waals surface area (Å²) in [6.45, 7) is 0. The number of H-pyrrole nitrogens is 1. The molecule has 0 aromatic carbocycles. The minimum Gasteiger partial charge on any atom is -0.384 e.